The second-order valence-corrected chi connectivity index (χ2v) is 1.68. The van der Waals surface area contributed by atoms with E-state index in [1.54, 1.807) is 0 Å². The van der Waals surface area contributed by atoms with Crippen molar-refractivity contribution in [3.63, 3.8) is 0 Å². The lowest BCUT2D eigenvalue weighted by molar-refractivity contribution is 0.173. The number of hydrogen-bond acceptors (Lipinski definition) is 2. The Balaban J connectivity index is 3.10. The largest absolute Gasteiger partial charge is 0.516 e. The van der Waals surface area contributed by atoms with E-state index >= 15 is 0 Å². The molecule has 0 fully saturated rings. The molecule has 0 amide bonds. The first-order chi connectivity index (χ1) is 3.81. The van der Waals surface area contributed by atoms with Gasteiger partial charge in [-0.05, 0) is 18.9 Å². The number of aliphatic hydroxyl groups excluding tert-OH is 2. The topological polar surface area (TPSA) is 40.5 Å². The van der Waals surface area contributed by atoms with Crippen LogP contribution in [-0.4, -0.2) is 16.3 Å². The van der Waals surface area contributed by atoms with E-state index in [1.807, 2.05) is 6.92 Å². The van der Waals surface area contributed by atoms with Gasteiger partial charge in [0.15, 0.2) is 0 Å². The highest BCUT2D eigenvalue weighted by molar-refractivity contribution is 4.74. The first kappa shape index (κ1) is 7.50. The van der Waals surface area contributed by atoms with E-state index < -0.39 is 0 Å². The Bertz CT molecular complexity index is 68.9. The monoisotopic (exact) mass is 116 g/mol. The van der Waals surface area contributed by atoms with Crippen molar-refractivity contribution in [3.05, 3.63) is 12.3 Å². The van der Waals surface area contributed by atoms with Crippen LogP contribution in [0.25, 0.3) is 0 Å². The molecular formula is C6H12O2. The fourth-order valence-electron chi connectivity index (χ4n) is 0.385. The third-order valence-electron chi connectivity index (χ3n) is 0.985. The summed E-state index contributed by atoms with van der Waals surface area (Å²) < 4.78 is 0. The van der Waals surface area contributed by atoms with Crippen LogP contribution in [-0.2, 0) is 0 Å². The Morgan fingerprint density at radius 1 is 1.62 bits per heavy atom. The predicted octanol–water partition coefficient (Wildman–Crippen LogP) is 1.22. The number of aliphatic hydroxyl groups is 2. The van der Waals surface area contributed by atoms with E-state index in [0.29, 0.717) is 6.42 Å². The molecule has 0 rings (SSSR count). The van der Waals surface area contributed by atoms with E-state index in [2.05, 4.69) is 0 Å². The van der Waals surface area contributed by atoms with Crippen LogP contribution in [0.3, 0.4) is 0 Å². The van der Waals surface area contributed by atoms with Gasteiger partial charge in [0.2, 0.25) is 0 Å². The Labute approximate surface area is 49.5 Å². The van der Waals surface area contributed by atoms with Gasteiger partial charge in [-0.3, -0.25) is 0 Å². The molecule has 0 heterocycles. The molecule has 0 saturated heterocycles. The standard InChI is InChI=1S/C6H12O2/c1-2-6(8)4-3-5-7/h3,5-8H,2,4H2,1H3/b5-3+. The second kappa shape index (κ2) is 4.65. The van der Waals surface area contributed by atoms with Crippen LogP contribution in [0.4, 0.5) is 0 Å². The molecule has 0 saturated carbocycles. The molecular weight excluding hydrogens is 104 g/mol. The highest BCUT2D eigenvalue weighted by Crippen LogP contribution is 1.95. The SMILES string of the molecule is CCC(O)C/C=C/O. The molecule has 2 N–H and O–H groups in total. The maximum absolute atomic E-state index is 8.83. The lowest BCUT2D eigenvalue weighted by atomic mass is 10.2. The van der Waals surface area contributed by atoms with Crippen molar-refractivity contribution in [2.24, 2.45) is 0 Å². The van der Waals surface area contributed by atoms with Gasteiger partial charge in [-0.2, -0.15) is 0 Å². The van der Waals surface area contributed by atoms with Crippen molar-refractivity contribution in [1.82, 2.24) is 0 Å². The average Bonchev–Trinajstić information content (AvgIpc) is 1.83. The van der Waals surface area contributed by atoms with E-state index in [0.717, 1.165) is 12.7 Å². The van der Waals surface area contributed by atoms with Gasteiger partial charge in [0.05, 0.1) is 12.4 Å². The van der Waals surface area contributed by atoms with Crippen molar-refractivity contribution in [2.45, 2.75) is 25.9 Å². The van der Waals surface area contributed by atoms with E-state index in [9.17, 15) is 0 Å². The lowest BCUT2D eigenvalue weighted by Crippen LogP contribution is -2.00. The average molecular weight is 116 g/mol. The Kier molecular flexibility index (Phi) is 4.36. The van der Waals surface area contributed by atoms with Crippen molar-refractivity contribution in [2.75, 3.05) is 0 Å². The minimum absolute atomic E-state index is 0.293. The number of hydrogen-bond donors (Lipinski definition) is 2. The van der Waals surface area contributed by atoms with Crippen LogP contribution in [0.2, 0.25) is 0 Å². The fraction of sp³-hybridized carbons (Fsp3) is 0.667. The zero-order chi connectivity index (χ0) is 6.41. The van der Waals surface area contributed by atoms with Gasteiger partial charge >= 0.3 is 0 Å². The molecule has 0 aromatic rings. The molecule has 0 aliphatic carbocycles. The second-order valence-electron chi connectivity index (χ2n) is 1.68. The highest BCUT2D eigenvalue weighted by Gasteiger charge is 1.93. The minimum Gasteiger partial charge on any atom is -0.516 e. The summed E-state index contributed by atoms with van der Waals surface area (Å²) in [7, 11) is 0. The van der Waals surface area contributed by atoms with Gasteiger partial charge < -0.3 is 10.2 Å². The normalized spacial score (nSPS) is 14.8. The summed E-state index contributed by atoms with van der Waals surface area (Å²) in [5.41, 5.74) is 0. The molecule has 0 aliphatic heterocycles. The van der Waals surface area contributed by atoms with Gasteiger partial charge in [0.1, 0.15) is 0 Å². The first-order valence-electron chi connectivity index (χ1n) is 2.78. The molecule has 0 bridgehead atoms. The molecule has 48 valence electrons. The molecule has 0 radical (unpaired) electrons. The van der Waals surface area contributed by atoms with Crippen molar-refractivity contribution in [1.29, 1.82) is 0 Å². The lowest BCUT2D eigenvalue weighted by Gasteiger charge is -1.99. The summed E-state index contributed by atoms with van der Waals surface area (Å²) in [6, 6.07) is 0. The molecule has 8 heavy (non-hydrogen) atoms. The van der Waals surface area contributed by atoms with Crippen LogP contribution < -0.4 is 0 Å². The summed E-state index contributed by atoms with van der Waals surface area (Å²) in [5, 5.41) is 16.9. The smallest absolute Gasteiger partial charge is 0.0752 e. The zero-order valence-electron chi connectivity index (χ0n) is 5.04. The Morgan fingerprint density at radius 3 is 2.62 bits per heavy atom. The molecule has 0 aliphatic rings. The first-order valence-corrected chi connectivity index (χ1v) is 2.78. The van der Waals surface area contributed by atoms with Gasteiger partial charge in [0.25, 0.3) is 0 Å². The van der Waals surface area contributed by atoms with Crippen LogP contribution >= 0.6 is 0 Å². The van der Waals surface area contributed by atoms with Crippen LogP contribution in [0.5, 0.6) is 0 Å². The van der Waals surface area contributed by atoms with Gasteiger partial charge in [-0.1, -0.05) is 6.92 Å². The predicted molar refractivity (Wildman–Crippen MR) is 32.7 cm³/mol. The summed E-state index contributed by atoms with van der Waals surface area (Å²) in [6.45, 7) is 1.90. The molecule has 1 atom stereocenters. The zero-order valence-corrected chi connectivity index (χ0v) is 5.04. The molecule has 2 heteroatoms. The van der Waals surface area contributed by atoms with Crippen molar-refractivity contribution in [3.8, 4) is 0 Å². The number of rotatable bonds is 3. The van der Waals surface area contributed by atoms with E-state index in [4.69, 9.17) is 10.2 Å². The third-order valence-corrected chi connectivity index (χ3v) is 0.985. The van der Waals surface area contributed by atoms with Gasteiger partial charge in [-0.15, -0.1) is 0 Å². The minimum atomic E-state index is -0.293. The van der Waals surface area contributed by atoms with Gasteiger partial charge in [-0.25, -0.2) is 0 Å². The summed E-state index contributed by atoms with van der Waals surface area (Å²) in [6.07, 6.45) is 3.49. The van der Waals surface area contributed by atoms with E-state index in [1.165, 1.54) is 6.08 Å². The quantitative estimate of drug-likeness (QED) is 0.544. The summed E-state index contributed by atoms with van der Waals surface area (Å²) in [5.74, 6) is 0. The van der Waals surface area contributed by atoms with Crippen LogP contribution in [0.15, 0.2) is 12.3 Å². The molecule has 0 aromatic carbocycles. The van der Waals surface area contributed by atoms with Gasteiger partial charge in [0, 0.05) is 0 Å². The van der Waals surface area contributed by atoms with Crippen LogP contribution in [0, 0.1) is 0 Å². The van der Waals surface area contributed by atoms with Crippen molar-refractivity contribution < 1.29 is 10.2 Å². The molecule has 2 nitrogen and oxygen atoms in total. The summed E-state index contributed by atoms with van der Waals surface area (Å²) >= 11 is 0. The van der Waals surface area contributed by atoms with Crippen LogP contribution in [0.1, 0.15) is 19.8 Å². The van der Waals surface area contributed by atoms with Crippen molar-refractivity contribution >= 4 is 0 Å². The summed E-state index contributed by atoms with van der Waals surface area (Å²) in [4.78, 5) is 0. The molecule has 0 aromatic heterocycles. The third kappa shape index (κ3) is 3.68. The maximum atomic E-state index is 8.83. The maximum Gasteiger partial charge on any atom is 0.0752 e. The fourth-order valence-corrected chi connectivity index (χ4v) is 0.385. The van der Waals surface area contributed by atoms with E-state index in [-0.39, 0.29) is 6.10 Å². The Hall–Kier alpha value is -0.500. The Morgan fingerprint density at radius 2 is 2.25 bits per heavy atom. The molecule has 0 spiro atoms. The molecule has 1 unspecified atom stereocenters. The highest BCUT2D eigenvalue weighted by atomic mass is 16.3.